The molecule has 0 N–H and O–H groups in total. The molecular weight excluding hydrogens is 488 g/mol. The molecule has 0 amide bonds. The number of halogens is 1. The molecular formula is C25H27ClN4O4S. The van der Waals surface area contributed by atoms with Crippen LogP contribution in [0.4, 0.5) is 5.69 Å². The third kappa shape index (κ3) is 4.94. The average molecular weight is 515 g/mol. The number of hydrogen-bond acceptors (Lipinski definition) is 6. The summed E-state index contributed by atoms with van der Waals surface area (Å²) in [7, 11) is -3.57. The van der Waals surface area contributed by atoms with Gasteiger partial charge in [-0.05, 0) is 43.2 Å². The molecule has 35 heavy (non-hydrogen) atoms. The van der Waals surface area contributed by atoms with Crippen molar-refractivity contribution < 1.29 is 13.2 Å². The molecule has 2 heterocycles. The van der Waals surface area contributed by atoms with Crippen molar-refractivity contribution >= 4 is 27.3 Å². The number of aromatic nitrogens is 2. The van der Waals surface area contributed by atoms with Crippen molar-refractivity contribution in [1.29, 1.82) is 0 Å². The van der Waals surface area contributed by atoms with Crippen LogP contribution in [0.2, 0.25) is 5.02 Å². The van der Waals surface area contributed by atoms with Crippen LogP contribution in [-0.4, -0.2) is 55.3 Å². The Labute approximate surface area is 209 Å². The molecule has 2 aromatic carbocycles. The molecule has 1 aromatic heterocycles. The first-order chi connectivity index (χ1) is 16.8. The lowest BCUT2D eigenvalue weighted by Gasteiger charge is -2.35. The van der Waals surface area contributed by atoms with E-state index in [0.29, 0.717) is 49.2 Å². The highest BCUT2D eigenvalue weighted by Crippen LogP contribution is 2.45. The van der Waals surface area contributed by atoms with Crippen molar-refractivity contribution in [2.24, 2.45) is 5.41 Å². The normalized spacial score (nSPS) is 17.8. The quantitative estimate of drug-likeness (QED) is 0.479. The molecule has 5 rings (SSSR count). The highest BCUT2D eigenvalue weighted by Gasteiger charge is 2.39. The van der Waals surface area contributed by atoms with Crippen LogP contribution in [0.3, 0.4) is 0 Å². The monoisotopic (exact) mass is 514 g/mol. The Bertz CT molecular complexity index is 1380. The molecule has 1 aliphatic heterocycles. The van der Waals surface area contributed by atoms with E-state index in [9.17, 15) is 13.2 Å². The van der Waals surface area contributed by atoms with Crippen molar-refractivity contribution in [2.75, 3.05) is 37.7 Å². The van der Waals surface area contributed by atoms with Crippen LogP contribution < -0.4 is 15.2 Å². The van der Waals surface area contributed by atoms with Crippen molar-refractivity contribution in [2.45, 2.75) is 24.7 Å². The molecule has 1 saturated carbocycles. The Morgan fingerprint density at radius 2 is 1.74 bits per heavy atom. The number of rotatable bonds is 7. The minimum atomic E-state index is -3.57. The van der Waals surface area contributed by atoms with E-state index in [2.05, 4.69) is 12.0 Å². The lowest BCUT2D eigenvalue weighted by atomic mass is 10.2. The smallest absolute Gasteiger partial charge is 0.316 e. The number of sulfonamides is 1. The van der Waals surface area contributed by atoms with Gasteiger partial charge in [0.25, 0.3) is 0 Å². The van der Waals surface area contributed by atoms with Crippen LogP contribution in [-0.2, 0) is 10.0 Å². The third-order valence-electron chi connectivity index (χ3n) is 6.60. The van der Waals surface area contributed by atoms with Crippen molar-refractivity contribution in [3.63, 3.8) is 0 Å². The first-order valence-electron chi connectivity index (χ1n) is 11.6. The summed E-state index contributed by atoms with van der Waals surface area (Å²) in [6.07, 6.45) is 3.74. The van der Waals surface area contributed by atoms with Crippen LogP contribution in [0.25, 0.3) is 5.69 Å². The average Bonchev–Trinajstić information content (AvgIpc) is 3.61. The van der Waals surface area contributed by atoms with Crippen LogP contribution in [0.15, 0.2) is 70.5 Å². The van der Waals surface area contributed by atoms with Gasteiger partial charge >= 0.3 is 5.56 Å². The summed E-state index contributed by atoms with van der Waals surface area (Å²) in [4.78, 5) is 15.7. The van der Waals surface area contributed by atoms with Crippen LogP contribution in [0, 0.1) is 5.41 Å². The van der Waals surface area contributed by atoms with Crippen molar-refractivity contribution in [1.82, 2.24) is 14.1 Å². The fourth-order valence-corrected chi connectivity index (χ4v) is 5.72. The van der Waals surface area contributed by atoms with E-state index in [4.69, 9.17) is 16.3 Å². The third-order valence-corrected chi connectivity index (χ3v) is 8.74. The number of piperazine rings is 1. The standard InChI is InChI=1S/C25H27ClN4O4S/c1-25(10-11-25)18-34-23-22(17-27-30(24(23)31)20-7-5-6-19(26)16-20)28-12-14-29(15-13-28)35(32,33)21-8-3-2-4-9-21/h2-9,16-17H,10-15,18H2,1H3. The molecule has 0 atom stereocenters. The van der Waals surface area contributed by atoms with Gasteiger partial charge in [-0.25, -0.2) is 8.42 Å². The molecule has 1 saturated heterocycles. The molecule has 10 heteroatoms. The molecule has 0 unspecified atom stereocenters. The Hall–Kier alpha value is -2.88. The maximum Gasteiger partial charge on any atom is 0.316 e. The van der Waals surface area contributed by atoms with E-state index in [0.717, 1.165) is 12.8 Å². The van der Waals surface area contributed by atoms with E-state index < -0.39 is 10.0 Å². The van der Waals surface area contributed by atoms with Gasteiger partial charge in [-0.2, -0.15) is 14.1 Å². The summed E-state index contributed by atoms with van der Waals surface area (Å²) in [5.74, 6) is 0.229. The topological polar surface area (TPSA) is 84.7 Å². The second-order valence-corrected chi connectivity index (χ2v) is 11.7. The first-order valence-corrected chi connectivity index (χ1v) is 13.4. The Morgan fingerprint density at radius 3 is 2.40 bits per heavy atom. The highest BCUT2D eigenvalue weighted by atomic mass is 35.5. The first kappa shape index (κ1) is 23.8. The van der Waals surface area contributed by atoms with Crippen molar-refractivity contribution in [3.8, 4) is 11.4 Å². The predicted octanol–water partition coefficient (Wildman–Crippen LogP) is 3.58. The fourth-order valence-electron chi connectivity index (χ4n) is 4.10. The summed E-state index contributed by atoms with van der Waals surface area (Å²) in [5.41, 5.74) is 0.842. The zero-order valence-electron chi connectivity index (χ0n) is 19.4. The van der Waals surface area contributed by atoms with E-state index in [1.54, 1.807) is 60.8 Å². The van der Waals surface area contributed by atoms with E-state index in [1.165, 1.54) is 8.99 Å². The lowest BCUT2D eigenvalue weighted by Crippen LogP contribution is -2.49. The van der Waals surface area contributed by atoms with Gasteiger partial charge < -0.3 is 9.64 Å². The number of benzene rings is 2. The van der Waals surface area contributed by atoms with Gasteiger partial charge in [-0.15, -0.1) is 0 Å². The summed E-state index contributed by atoms with van der Waals surface area (Å²) < 4.78 is 34.9. The molecule has 0 spiro atoms. The predicted molar refractivity (Wildman–Crippen MR) is 135 cm³/mol. The molecule has 2 aliphatic rings. The summed E-state index contributed by atoms with van der Waals surface area (Å²) in [5, 5.41) is 4.90. The van der Waals surface area contributed by atoms with Gasteiger partial charge in [0.05, 0.1) is 23.4 Å². The van der Waals surface area contributed by atoms with Gasteiger partial charge in [0.15, 0.2) is 0 Å². The molecule has 8 nitrogen and oxygen atoms in total. The molecule has 3 aromatic rings. The number of hydrogen-bond donors (Lipinski definition) is 0. The summed E-state index contributed by atoms with van der Waals surface area (Å²) in [6.45, 7) is 4.01. The Kier molecular flexibility index (Phi) is 6.33. The fraction of sp³-hybridized carbons (Fsp3) is 0.360. The van der Waals surface area contributed by atoms with E-state index in [1.807, 2.05) is 4.90 Å². The van der Waals surface area contributed by atoms with Gasteiger partial charge in [0.2, 0.25) is 15.8 Å². The van der Waals surface area contributed by atoms with Gasteiger partial charge in [-0.1, -0.05) is 42.8 Å². The maximum absolute atomic E-state index is 13.5. The highest BCUT2D eigenvalue weighted by molar-refractivity contribution is 7.89. The molecule has 0 radical (unpaired) electrons. The largest absolute Gasteiger partial charge is 0.486 e. The van der Waals surface area contributed by atoms with Gasteiger partial charge in [0.1, 0.15) is 5.69 Å². The van der Waals surface area contributed by atoms with Crippen LogP contribution in [0.1, 0.15) is 19.8 Å². The number of anilines is 1. The van der Waals surface area contributed by atoms with E-state index in [-0.39, 0.29) is 21.6 Å². The molecule has 0 bridgehead atoms. The SMILES string of the molecule is CC1(COc2c(N3CCN(S(=O)(=O)c4ccccc4)CC3)cnn(-c3cccc(Cl)c3)c2=O)CC1. The Balaban J connectivity index is 1.42. The zero-order chi connectivity index (χ0) is 24.6. The zero-order valence-corrected chi connectivity index (χ0v) is 21.0. The van der Waals surface area contributed by atoms with E-state index >= 15 is 0 Å². The molecule has 2 fully saturated rings. The number of ether oxygens (including phenoxy) is 1. The molecule has 184 valence electrons. The Morgan fingerprint density at radius 1 is 1.03 bits per heavy atom. The minimum absolute atomic E-state index is 0.0797. The van der Waals surface area contributed by atoms with Crippen LogP contribution in [0.5, 0.6) is 5.75 Å². The second-order valence-electron chi connectivity index (χ2n) is 9.36. The van der Waals surface area contributed by atoms with Gasteiger partial charge in [-0.3, -0.25) is 4.79 Å². The van der Waals surface area contributed by atoms with Crippen molar-refractivity contribution in [3.05, 3.63) is 76.2 Å². The lowest BCUT2D eigenvalue weighted by molar-refractivity contribution is 0.242. The number of nitrogens with zero attached hydrogens (tertiary/aromatic N) is 4. The second kappa shape index (κ2) is 9.29. The van der Waals surface area contributed by atoms with Crippen LogP contribution >= 0.6 is 11.6 Å². The summed E-state index contributed by atoms with van der Waals surface area (Å²) >= 11 is 6.13. The minimum Gasteiger partial charge on any atom is -0.486 e. The van der Waals surface area contributed by atoms with Gasteiger partial charge in [0, 0.05) is 36.6 Å². The molecule has 1 aliphatic carbocycles. The maximum atomic E-state index is 13.5. The summed E-state index contributed by atoms with van der Waals surface area (Å²) in [6, 6.07) is 15.4.